The van der Waals surface area contributed by atoms with Gasteiger partial charge in [-0.15, -0.1) is 0 Å². The molecule has 0 amide bonds. The fraction of sp³-hybridized carbons (Fsp3) is 0.600. The van der Waals surface area contributed by atoms with Crippen molar-refractivity contribution in [3.8, 4) is 5.75 Å². The van der Waals surface area contributed by atoms with E-state index in [1.807, 2.05) is 13.8 Å². The van der Waals surface area contributed by atoms with E-state index in [-0.39, 0.29) is 6.10 Å². The van der Waals surface area contributed by atoms with Gasteiger partial charge in [0.2, 0.25) is 10.0 Å². The van der Waals surface area contributed by atoms with Gasteiger partial charge >= 0.3 is 0 Å². The Kier molecular flexibility index (Phi) is 4.91. The fourth-order valence-electron chi connectivity index (χ4n) is 2.70. The number of methoxy groups -OCH3 is 1. The van der Waals surface area contributed by atoms with Crippen LogP contribution in [0.1, 0.15) is 29.5 Å². The van der Waals surface area contributed by atoms with Gasteiger partial charge in [-0.05, 0) is 56.4 Å². The van der Waals surface area contributed by atoms with Gasteiger partial charge in [0.15, 0.2) is 0 Å². The lowest BCUT2D eigenvalue weighted by molar-refractivity contribution is 0.114. The molecule has 5 nitrogen and oxygen atoms in total. The zero-order valence-electron chi connectivity index (χ0n) is 13.0. The number of hydrogen-bond acceptors (Lipinski definition) is 4. The van der Waals surface area contributed by atoms with Gasteiger partial charge in [-0.25, -0.2) is 13.1 Å². The number of hydrogen-bond donors (Lipinski definition) is 1. The first-order valence-corrected chi connectivity index (χ1v) is 8.61. The molecule has 1 aliphatic rings. The molecule has 0 radical (unpaired) electrons. The molecular formula is C15H23NO4S. The van der Waals surface area contributed by atoms with E-state index in [9.17, 15) is 8.42 Å². The first-order valence-electron chi connectivity index (χ1n) is 7.13. The Morgan fingerprint density at radius 3 is 2.62 bits per heavy atom. The normalized spacial score (nSPS) is 19.0. The van der Waals surface area contributed by atoms with E-state index in [0.29, 0.717) is 18.0 Å². The summed E-state index contributed by atoms with van der Waals surface area (Å²) >= 11 is 0. The minimum atomic E-state index is -3.53. The molecular weight excluding hydrogens is 290 g/mol. The maximum Gasteiger partial charge on any atom is 0.240 e. The second-order valence-corrected chi connectivity index (χ2v) is 7.20. The molecule has 6 heteroatoms. The van der Waals surface area contributed by atoms with Crippen LogP contribution in [0.15, 0.2) is 11.0 Å². The van der Waals surface area contributed by atoms with Crippen LogP contribution in [-0.2, 0) is 14.8 Å². The average Bonchev–Trinajstić information content (AvgIpc) is 2.94. The number of nitrogens with one attached hydrogen (secondary N) is 1. The molecule has 1 aromatic carbocycles. The highest BCUT2D eigenvalue weighted by Crippen LogP contribution is 2.30. The molecule has 1 saturated heterocycles. The van der Waals surface area contributed by atoms with Crippen LogP contribution in [-0.4, -0.2) is 34.8 Å². The van der Waals surface area contributed by atoms with E-state index in [1.165, 1.54) is 0 Å². The van der Waals surface area contributed by atoms with E-state index in [2.05, 4.69) is 4.72 Å². The fourth-order valence-corrected chi connectivity index (χ4v) is 4.15. The van der Waals surface area contributed by atoms with Crippen molar-refractivity contribution in [1.29, 1.82) is 0 Å². The van der Waals surface area contributed by atoms with Crippen LogP contribution in [0.5, 0.6) is 5.75 Å². The molecule has 1 fully saturated rings. The lowest BCUT2D eigenvalue weighted by Crippen LogP contribution is -2.32. The second-order valence-electron chi connectivity index (χ2n) is 5.46. The molecule has 1 N–H and O–H groups in total. The van der Waals surface area contributed by atoms with Crippen molar-refractivity contribution >= 4 is 10.0 Å². The summed E-state index contributed by atoms with van der Waals surface area (Å²) in [4.78, 5) is 0.316. The largest absolute Gasteiger partial charge is 0.496 e. The van der Waals surface area contributed by atoms with Crippen molar-refractivity contribution in [2.45, 2.75) is 44.6 Å². The van der Waals surface area contributed by atoms with Crippen LogP contribution in [0.4, 0.5) is 0 Å². The highest BCUT2D eigenvalue weighted by atomic mass is 32.2. The van der Waals surface area contributed by atoms with E-state index in [4.69, 9.17) is 9.47 Å². The molecule has 0 spiro atoms. The highest BCUT2D eigenvalue weighted by molar-refractivity contribution is 7.89. The minimum Gasteiger partial charge on any atom is -0.496 e. The Morgan fingerprint density at radius 2 is 2.05 bits per heavy atom. The molecule has 1 unspecified atom stereocenters. The Labute approximate surface area is 126 Å². The van der Waals surface area contributed by atoms with Crippen molar-refractivity contribution in [2.24, 2.45) is 0 Å². The Morgan fingerprint density at radius 1 is 1.33 bits per heavy atom. The molecule has 1 aliphatic heterocycles. The van der Waals surface area contributed by atoms with Crippen molar-refractivity contribution in [2.75, 3.05) is 20.3 Å². The highest BCUT2D eigenvalue weighted by Gasteiger charge is 2.23. The van der Waals surface area contributed by atoms with Crippen LogP contribution in [0, 0.1) is 20.8 Å². The summed E-state index contributed by atoms with van der Waals surface area (Å²) in [5.74, 6) is 0.741. The van der Waals surface area contributed by atoms with Crippen molar-refractivity contribution in [3.05, 3.63) is 22.8 Å². The van der Waals surface area contributed by atoms with E-state index in [1.54, 1.807) is 20.1 Å². The lowest BCUT2D eigenvalue weighted by atomic mass is 10.1. The van der Waals surface area contributed by atoms with Gasteiger partial charge < -0.3 is 9.47 Å². The van der Waals surface area contributed by atoms with Gasteiger partial charge in [-0.1, -0.05) is 0 Å². The summed E-state index contributed by atoms with van der Waals surface area (Å²) in [5, 5.41) is 0. The summed E-state index contributed by atoms with van der Waals surface area (Å²) in [6, 6.07) is 1.67. The Balaban J connectivity index is 2.27. The van der Waals surface area contributed by atoms with Gasteiger partial charge in [-0.2, -0.15) is 0 Å². The predicted molar refractivity (Wildman–Crippen MR) is 81.4 cm³/mol. The van der Waals surface area contributed by atoms with Gasteiger partial charge in [0, 0.05) is 13.2 Å². The van der Waals surface area contributed by atoms with Crippen LogP contribution in [0.3, 0.4) is 0 Å². The average molecular weight is 313 g/mol. The Hall–Kier alpha value is -1.11. The maximum absolute atomic E-state index is 12.5. The molecule has 0 bridgehead atoms. The van der Waals surface area contributed by atoms with Crippen LogP contribution in [0.2, 0.25) is 0 Å². The first-order chi connectivity index (χ1) is 9.86. The molecule has 21 heavy (non-hydrogen) atoms. The predicted octanol–water partition coefficient (Wildman–Crippen LogP) is 2.08. The van der Waals surface area contributed by atoms with Gasteiger partial charge in [0.1, 0.15) is 5.75 Å². The number of ether oxygens (including phenoxy) is 2. The van der Waals surface area contributed by atoms with Gasteiger partial charge in [-0.3, -0.25) is 0 Å². The summed E-state index contributed by atoms with van der Waals surface area (Å²) < 4.78 is 38.5. The molecule has 118 valence electrons. The molecule has 1 aromatic rings. The number of sulfonamides is 1. The minimum absolute atomic E-state index is 0.0134. The molecule has 0 saturated carbocycles. The van der Waals surface area contributed by atoms with Gasteiger partial charge in [0.25, 0.3) is 0 Å². The Bertz CT molecular complexity index is 619. The molecule has 0 aliphatic carbocycles. The van der Waals surface area contributed by atoms with Crippen LogP contribution < -0.4 is 9.46 Å². The number of benzene rings is 1. The van der Waals surface area contributed by atoms with Crippen LogP contribution in [0.25, 0.3) is 0 Å². The smallest absolute Gasteiger partial charge is 0.240 e. The zero-order valence-corrected chi connectivity index (χ0v) is 13.8. The first kappa shape index (κ1) is 16.3. The second kappa shape index (κ2) is 6.34. The molecule has 1 atom stereocenters. The molecule has 1 heterocycles. The summed E-state index contributed by atoms with van der Waals surface area (Å²) in [6.07, 6.45) is 1.88. The third-order valence-electron chi connectivity index (χ3n) is 4.00. The van der Waals surface area contributed by atoms with E-state index < -0.39 is 10.0 Å². The molecule has 0 aromatic heterocycles. The van der Waals surface area contributed by atoms with Crippen molar-refractivity contribution in [3.63, 3.8) is 0 Å². The third kappa shape index (κ3) is 3.39. The third-order valence-corrected chi connectivity index (χ3v) is 5.55. The van der Waals surface area contributed by atoms with Crippen molar-refractivity contribution < 1.29 is 17.9 Å². The summed E-state index contributed by atoms with van der Waals surface area (Å²) in [6.45, 7) is 6.57. The van der Waals surface area contributed by atoms with Crippen molar-refractivity contribution in [1.82, 2.24) is 4.72 Å². The summed E-state index contributed by atoms with van der Waals surface area (Å²) in [7, 11) is -1.94. The number of aryl methyl sites for hydroxylation is 1. The number of rotatable bonds is 5. The van der Waals surface area contributed by atoms with E-state index >= 15 is 0 Å². The topological polar surface area (TPSA) is 64.6 Å². The molecule has 2 rings (SSSR count). The quantitative estimate of drug-likeness (QED) is 0.904. The van der Waals surface area contributed by atoms with E-state index in [0.717, 1.165) is 35.3 Å². The zero-order chi connectivity index (χ0) is 15.6. The monoisotopic (exact) mass is 313 g/mol. The SMILES string of the molecule is COc1c(C)cc(S(=O)(=O)NCC2CCCO2)c(C)c1C. The van der Waals surface area contributed by atoms with Crippen LogP contribution >= 0.6 is 0 Å². The lowest BCUT2D eigenvalue weighted by Gasteiger charge is -2.17. The summed E-state index contributed by atoms with van der Waals surface area (Å²) in [5.41, 5.74) is 2.39. The van der Waals surface area contributed by atoms with Gasteiger partial charge in [0.05, 0.1) is 18.1 Å². The maximum atomic E-state index is 12.5. The standard InChI is InChI=1S/C15H23NO4S/c1-10-8-14(11(2)12(3)15(10)19-4)21(17,18)16-9-13-6-5-7-20-13/h8,13,16H,5-7,9H2,1-4H3.